The highest BCUT2D eigenvalue weighted by atomic mass is 16.5. The molecule has 4 heteroatoms. The maximum Gasteiger partial charge on any atom is 0.221 e. The number of carbonyl (C=O) groups is 1. The van der Waals surface area contributed by atoms with Gasteiger partial charge in [0.25, 0.3) is 0 Å². The molecule has 0 bridgehead atoms. The van der Waals surface area contributed by atoms with E-state index in [0.29, 0.717) is 18.1 Å². The topological polar surface area (TPSA) is 61.5 Å². The van der Waals surface area contributed by atoms with Crippen LogP contribution in [-0.4, -0.2) is 19.6 Å². The molecule has 0 heterocycles. The lowest BCUT2D eigenvalue weighted by molar-refractivity contribution is -0.117. The van der Waals surface area contributed by atoms with Crippen molar-refractivity contribution in [1.29, 1.82) is 0 Å². The molecular formula is C11H15NO3. The van der Waals surface area contributed by atoms with E-state index in [4.69, 9.17) is 15.2 Å². The quantitative estimate of drug-likeness (QED) is 0.790. The number of methoxy groups -OCH3 is 1. The van der Waals surface area contributed by atoms with Crippen LogP contribution in [-0.2, 0) is 11.2 Å². The Hall–Kier alpha value is -1.71. The minimum atomic E-state index is -0.360. The predicted octanol–water partition coefficient (Wildman–Crippen LogP) is 1.12. The highest BCUT2D eigenvalue weighted by Gasteiger charge is 2.06. The molecule has 1 aromatic rings. The van der Waals surface area contributed by atoms with Crippen molar-refractivity contribution in [3.63, 3.8) is 0 Å². The van der Waals surface area contributed by atoms with Crippen molar-refractivity contribution in [2.45, 2.75) is 13.3 Å². The molecule has 82 valence electrons. The second-order valence-corrected chi connectivity index (χ2v) is 3.06. The second kappa shape index (κ2) is 5.24. The van der Waals surface area contributed by atoms with E-state index in [0.717, 1.165) is 5.56 Å². The molecule has 0 aliphatic heterocycles. The minimum absolute atomic E-state index is 0.211. The molecule has 0 spiro atoms. The van der Waals surface area contributed by atoms with Crippen LogP contribution >= 0.6 is 0 Å². The summed E-state index contributed by atoms with van der Waals surface area (Å²) in [5.74, 6) is 0.935. The smallest absolute Gasteiger partial charge is 0.221 e. The van der Waals surface area contributed by atoms with E-state index in [2.05, 4.69) is 0 Å². The summed E-state index contributed by atoms with van der Waals surface area (Å²) in [6, 6.07) is 5.34. The van der Waals surface area contributed by atoms with Crippen LogP contribution in [0.3, 0.4) is 0 Å². The average molecular weight is 209 g/mol. The van der Waals surface area contributed by atoms with Gasteiger partial charge in [0.2, 0.25) is 5.91 Å². The Kier molecular flexibility index (Phi) is 3.97. The Morgan fingerprint density at radius 3 is 2.67 bits per heavy atom. The number of rotatable bonds is 5. The van der Waals surface area contributed by atoms with E-state index in [1.54, 1.807) is 25.3 Å². The monoisotopic (exact) mass is 209 g/mol. The second-order valence-electron chi connectivity index (χ2n) is 3.06. The van der Waals surface area contributed by atoms with Gasteiger partial charge in [-0.3, -0.25) is 4.79 Å². The lowest BCUT2D eigenvalue weighted by Crippen LogP contribution is -2.13. The molecule has 0 unspecified atom stereocenters. The highest BCUT2D eigenvalue weighted by molar-refractivity contribution is 5.76. The molecular weight excluding hydrogens is 194 g/mol. The van der Waals surface area contributed by atoms with Crippen molar-refractivity contribution in [1.82, 2.24) is 0 Å². The fourth-order valence-corrected chi connectivity index (χ4v) is 1.30. The maximum absolute atomic E-state index is 10.7. The molecule has 0 aromatic heterocycles. The molecule has 2 N–H and O–H groups in total. The first-order chi connectivity index (χ1) is 7.17. The summed E-state index contributed by atoms with van der Waals surface area (Å²) in [5.41, 5.74) is 5.92. The van der Waals surface area contributed by atoms with Crippen molar-refractivity contribution in [3.05, 3.63) is 23.8 Å². The first-order valence-corrected chi connectivity index (χ1v) is 4.75. The highest BCUT2D eigenvalue weighted by Crippen LogP contribution is 2.28. The number of nitrogens with two attached hydrogens (primary N) is 1. The number of ether oxygens (including phenoxy) is 2. The van der Waals surface area contributed by atoms with Crippen molar-refractivity contribution in [3.8, 4) is 11.5 Å². The summed E-state index contributed by atoms with van der Waals surface area (Å²) in [7, 11) is 1.56. The third-order valence-corrected chi connectivity index (χ3v) is 1.91. The van der Waals surface area contributed by atoms with E-state index in [1.165, 1.54) is 0 Å². The third-order valence-electron chi connectivity index (χ3n) is 1.91. The number of carbonyl (C=O) groups excluding carboxylic acids is 1. The zero-order chi connectivity index (χ0) is 11.3. The van der Waals surface area contributed by atoms with Gasteiger partial charge in [-0.25, -0.2) is 0 Å². The van der Waals surface area contributed by atoms with E-state index >= 15 is 0 Å². The number of hydrogen-bond donors (Lipinski definition) is 1. The molecule has 0 aliphatic rings. The van der Waals surface area contributed by atoms with Crippen LogP contribution in [0.15, 0.2) is 18.2 Å². The van der Waals surface area contributed by atoms with Gasteiger partial charge < -0.3 is 15.2 Å². The van der Waals surface area contributed by atoms with Crippen LogP contribution in [0.2, 0.25) is 0 Å². The van der Waals surface area contributed by atoms with Crippen LogP contribution in [0.4, 0.5) is 0 Å². The van der Waals surface area contributed by atoms with Crippen LogP contribution in [0.5, 0.6) is 11.5 Å². The summed E-state index contributed by atoms with van der Waals surface area (Å²) in [6.07, 6.45) is 0.211. The zero-order valence-corrected chi connectivity index (χ0v) is 8.95. The van der Waals surface area contributed by atoms with E-state index in [-0.39, 0.29) is 12.3 Å². The molecule has 1 rings (SSSR count). The standard InChI is InChI=1S/C11H15NO3/c1-3-15-9-5-4-8(7-11(12)13)6-10(9)14-2/h4-6H,3,7H2,1-2H3,(H2,12,13). The maximum atomic E-state index is 10.7. The Bertz CT molecular complexity index is 350. The summed E-state index contributed by atoms with van der Waals surface area (Å²) in [5, 5.41) is 0. The van der Waals surface area contributed by atoms with Crippen molar-refractivity contribution < 1.29 is 14.3 Å². The van der Waals surface area contributed by atoms with E-state index < -0.39 is 0 Å². The molecule has 0 saturated heterocycles. The third kappa shape index (κ3) is 3.16. The van der Waals surface area contributed by atoms with Gasteiger partial charge in [-0.2, -0.15) is 0 Å². The van der Waals surface area contributed by atoms with Crippen molar-refractivity contribution >= 4 is 5.91 Å². The molecule has 0 aliphatic carbocycles. The summed E-state index contributed by atoms with van der Waals surface area (Å²) in [6.45, 7) is 2.47. The van der Waals surface area contributed by atoms with Crippen LogP contribution < -0.4 is 15.2 Å². The SMILES string of the molecule is CCOc1ccc(CC(N)=O)cc1OC. The minimum Gasteiger partial charge on any atom is -0.493 e. The van der Waals surface area contributed by atoms with E-state index in [9.17, 15) is 4.79 Å². The molecule has 1 amide bonds. The Morgan fingerprint density at radius 2 is 2.13 bits per heavy atom. The van der Waals surface area contributed by atoms with Crippen molar-refractivity contribution in [2.24, 2.45) is 5.73 Å². The molecule has 0 fully saturated rings. The summed E-state index contributed by atoms with van der Waals surface area (Å²) < 4.78 is 10.5. The molecule has 15 heavy (non-hydrogen) atoms. The largest absolute Gasteiger partial charge is 0.493 e. The van der Waals surface area contributed by atoms with Gasteiger partial charge in [0.15, 0.2) is 11.5 Å². The van der Waals surface area contributed by atoms with Crippen LogP contribution in [0.1, 0.15) is 12.5 Å². The van der Waals surface area contributed by atoms with Crippen LogP contribution in [0, 0.1) is 0 Å². The summed E-state index contributed by atoms with van der Waals surface area (Å²) in [4.78, 5) is 10.7. The predicted molar refractivity (Wildman–Crippen MR) is 57.1 cm³/mol. The fourth-order valence-electron chi connectivity index (χ4n) is 1.30. The number of amides is 1. The van der Waals surface area contributed by atoms with Gasteiger partial charge in [0, 0.05) is 0 Å². The summed E-state index contributed by atoms with van der Waals surface area (Å²) >= 11 is 0. The normalized spacial score (nSPS) is 9.73. The molecule has 0 radical (unpaired) electrons. The Morgan fingerprint density at radius 1 is 1.40 bits per heavy atom. The zero-order valence-electron chi connectivity index (χ0n) is 8.95. The lowest BCUT2D eigenvalue weighted by atomic mass is 10.1. The molecule has 1 aromatic carbocycles. The van der Waals surface area contributed by atoms with E-state index in [1.807, 2.05) is 6.92 Å². The Balaban J connectivity index is 2.91. The van der Waals surface area contributed by atoms with Gasteiger partial charge in [-0.1, -0.05) is 6.07 Å². The Labute approximate surface area is 89.0 Å². The first kappa shape index (κ1) is 11.4. The van der Waals surface area contributed by atoms with Gasteiger partial charge in [-0.15, -0.1) is 0 Å². The molecule has 0 atom stereocenters. The van der Waals surface area contributed by atoms with Gasteiger partial charge in [-0.05, 0) is 24.6 Å². The van der Waals surface area contributed by atoms with Crippen molar-refractivity contribution in [2.75, 3.05) is 13.7 Å². The number of hydrogen-bond acceptors (Lipinski definition) is 3. The first-order valence-electron chi connectivity index (χ1n) is 4.75. The fraction of sp³-hybridized carbons (Fsp3) is 0.364. The number of primary amides is 1. The molecule has 0 saturated carbocycles. The molecule has 4 nitrogen and oxygen atoms in total. The number of benzene rings is 1. The van der Waals surface area contributed by atoms with Gasteiger partial charge >= 0.3 is 0 Å². The lowest BCUT2D eigenvalue weighted by Gasteiger charge is -2.10. The van der Waals surface area contributed by atoms with Gasteiger partial charge in [0.1, 0.15) is 0 Å². The average Bonchev–Trinajstić information content (AvgIpc) is 2.20. The van der Waals surface area contributed by atoms with Gasteiger partial charge in [0.05, 0.1) is 20.1 Å². The van der Waals surface area contributed by atoms with Crippen LogP contribution in [0.25, 0.3) is 0 Å².